The second kappa shape index (κ2) is 13.1. The van der Waals surface area contributed by atoms with Gasteiger partial charge in [-0.2, -0.15) is 0 Å². The van der Waals surface area contributed by atoms with Crippen molar-refractivity contribution >= 4 is 22.8 Å². The molecule has 4 nitrogen and oxygen atoms in total. The van der Waals surface area contributed by atoms with Gasteiger partial charge in [0.25, 0.3) is 0 Å². The Hall–Kier alpha value is -0.550. The third-order valence-electron chi connectivity index (χ3n) is 3.37. The van der Waals surface area contributed by atoms with Crippen LogP contribution in [0.2, 0.25) is 0 Å². The molecule has 0 aliphatic rings. The minimum Gasteiger partial charge on any atom is -0.466 e. The fourth-order valence-corrected chi connectivity index (χ4v) is 2.98. The van der Waals surface area contributed by atoms with Crippen molar-refractivity contribution in [1.82, 2.24) is 0 Å². The van der Waals surface area contributed by atoms with Gasteiger partial charge in [0.05, 0.1) is 18.6 Å². The van der Waals surface area contributed by atoms with Gasteiger partial charge < -0.3 is 9.84 Å². The second-order valence-electron chi connectivity index (χ2n) is 5.12. The van der Waals surface area contributed by atoms with E-state index in [1.54, 1.807) is 6.92 Å². The van der Waals surface area contributed by atoms with E-state index in [1.807, 2.05) is 6.92 Å². The van der Waals surface area contributed by atoms with E-state index in [1.165, 1.54) is 11.8 Å². The predicted octanol–water partition coefficient (Wildman–Crippen LogP) is 3.56. The number of rotatable bonds is 12. The Bertz CT molecular complexity index is 294. The summed E-state index contributed by atoms with van der Waals surface area (Å²) in [6.45, 7) is 6.16. The molecule has 21 heavy (non-hydrogen) atoms. The molecule has 0 aliphatic carbocycles. The summed E-state index contributed by atoms with van der Waals surface area (Å²) in [4.78, 5) is 23.5. The first-order chi connectivity index (χ1) is 10.1. The molecule has 124 valence electrons. The molecule has 0 unspecified atom stereocenters. The van der Waals surface area contributed by atoms with Crippen LogP contribution in [0.1, 0.15) is 65.7 Å². The molecule has 1 N–H and O–H groups in total. The van der Waals surface area contributed by atoms with E-state index in [4.69, 9.17) is 4.74 Å². The molecule has 0 aliphatic heterocycles. The third kappa shape index (κ3) is 9.91. The number of carbonyl (C=O) groups excluding carboxylic acids is 2. The van der Waals surface area contributed by atoms with Crippen molar-refractivity contribution in [1.29, 1.82) is 0 Å². The van der Waals surface area contributed by atoms with Gasteiger partial charge in [0.15, 0.2) is 5.12 Å². The number of thioether (sulfide) groups is 1. The Kier molecular flexibility index (Phi) is 12.8. The molecule has 0 fully saturated rings. The average Bonchev–Trinajstić information content (AvgIpc) is 2.44. The summed E-state index contributed by atoms with van der Waals surface area (Å²) in [6, 6.07) is 0. The van der Waals surface area contributed by atoms with Gasteiger partial charge in [-0.05, 0) is 25.5 Å². The van der Waals surface area contributed by atoms with Gasteiger partial charge in [-0.1, -0.05) is 51.3 Å². The van der Waals surface area contributed by atoms with Gasteiger partial charge in [0.2, 0.25) is 0 Å². The maximum absolute atomic E-state index is 12.1. The van der Waals surface area contributed by atoms with Gasteiger partial charge in [0, 0.05) is 6.42 Å². The third-order valence-corrected chi connectivity index (χ3v) is 4.25. The Balaban J connectivity index is 4.36. The molecule has 0 aromatic rings. The number of hydrogen-bond donors (Lipinski definition) is 1. The van der Waals surface area contributed by atoms with Crippen molar-refractivity contribution in [2.24, 2.45) is 5.92 Å². The molecule has 0 saturated heterocycles. The van der Waals surface area contributed by atoms with Crippen LogP contribution in [0.15, 0.2) is 0 Å². The zero-order valence-corrected chi connectivity index (χ0v) is 14.4. The summed E-state index contributed by atoms with van der Waals surface area (Å²) in [7, 11) is 0. The molecular weight excluding hydrogens is 288 g/mol. The fourth-order valence-electron chi connectivity index (χ4n) is 2.20. The van der Waals surface area contributed by atoms with Crippen LogP contribution in [-0.4, -0.2) is 34.7 Å². The Morgan fingerprint density at radius 2 is 1.81 bits per heavy atom. The van der Waals surface area contributed by atoms with Crippen molar-refractivity contribution in [3.05, 3.63) is 0 Å². The fraction of sp³-hybridized carbons (Fsp3) is 0.875. The smallest absolute Gasteiger partial charge is 0.305 e. The quantitative estimate of drug-likeness (QED) is 0.440. The van der Waals surface area contributed by atoms with Gasteiger partial charge in [-0.25, -0.2) is 0 Å². The molecule has 0 aromatic carbocycles. The van der Waals surface area contributed by atoms with Gasteiger partial charge in [-0.3, -0.25) is 9.59 Å². The number of aliphatic hydroxyl groups excluding tert-OH is 1. The molecule has 5 heteroatoms. The van der Waals surface area contributed by atoms with Crippen LogP contribution in [0.3, 0.4) is 0 Å². The number of hydrogen-bond acceptors (Lipinski definition) is 5. The molecule has 0 spiro atoms. The molecule has 0 saturated carbocycles. The van der Waals surface area contributed by atoms with Crippen LogP contribution in [0.25, 0.3) is 0 Å². The molecular formula is C16H30O4S. The summed E-state index contributed by atoms with van der Waals surface area (Å²) >= 11 is 1.23. The zero-order valence-electron chi connectivity index (χ0n) is 13.6. The van der Waals surface area contributed by atoms with Crippen molar-refractivity contribution in [2.45, 2.75) is 71.8 Å². The van der Waals surface area contributed by atoms with Crippen molar-refractivity contribution in [3.8, 4) is 0 Å². The zero-order chi connectivity index (χ0) is 16.1. The first kappa shape index (κ1) is 20.5. The van der Waals surface area contributed by atoms with E-state index in [0.29, 0.717) is 25.2 Å². The standard InChI is InChI=1S/C16H30O4S/c1-4-7-8-9-10-14(17)13(16(19)21-6-3)11-12-15(18)20-5-2/h13-14,17H,4-12H2,1-3H3/t13-,14-/m0/s1. The van der Waals surface area contributed by atoms with E-state index in [0.717, 1.165) is 25.7 Å². The normalized spacial score (nSPS) is 13.7. The number of unbranched alkanes of at least 4 members (excludes halogenated alkanes) is 3. The minimum absolute atomic E-state index is 0.00945. The topological polar surface area (TPSA) is 63.6 Å². The Morgan fingerprint density at radius 1 is 1.10 bits per heavy atom. The van der Waals surface area contributed by atoms with E-state index < -0.39 is 12.0 Å². The lowest BCUT2D eigenvalue weighted by atomic mass is 9.94. The van der Waals surface area contributed by atoms with Gasteiger partial charge >= 0.3 is 5.97 Å². The largest absolute Gasteiger partial charge is 0.466 e. The Morgan fingerprint density at radius 3 is 2.38 bits per heavy atom. The highest BCUT2D eigenvalue weighted by Gasteiger charge is 2.27. The number of esters is 1. The van der Waals surface area contributed by atoms with Crippen LogP contribution in [0, 0.1) is 5.92 Å². The van der Waals surface area contributed by atoms with E-state index in [9.17, 15) is 14.7 Å². The molecule has 0 bridgehead atoms. The van der Waals surface area contributed by atoms with E-state index in [2.05, 4.69) is 6.92 Å². The monoisotopic (exact) mass is 318 g/mol. The summed E-state index contributed by atoms with van der Waals surface area (Å²) < 4.78 is 4.89. The highest BCUT2D eigenvalue weighted by Crippen LogP contribution is 2.23. The molecule has 0 heterocycles. The van der Waals surface area contributed by atoms with Crippen LogP contribution >= 0.6 is 11.8 Å². The highest BCUT2D eigenvalue weighted by atomic mass is 32.2. The predicted molar refractivity (Wildman–Crippen MR) is 87.3 cm³/mol. The highest BCUT2D eigenvalue weighted by molar-refractivity contribution is 8.13. The number of carbonyl (C=O) groups is 2. The maximum atomic E-state index is 12.1. The minimum atomic E-state index is -0.650. The first-order valence-corrected chi connectivity index (χ1v) is 9.05. The summed E-state index contributed by atoms with van der Waals surface area (Å²) in [5.74, 6) is -0.0620. The van der Waals surface area contributed by atoms with Crippen LogP contribution in [0.5, 0.6) is 0 Å². The van der Waals surface area contributed by atoms with Crippen molar-refractivity contribution in [2.75, 3.05) is 12.4 Å². The van der Waals surface area contributed by atoms with Crippen LogP contribution in [0.4, 0.5) is 0 Å². The lowest BCUT2D eigenvalue weighted by molar-refractivity contribution is -0.143. The van der Waals surface area contributed by atoms with Crippen molar-refractivity contribution < 1.29 is 19.4 Å². The number of aliphatic hydroxyl groups is 1. The Labute approximate surface area is 133 Å². The SMILES string of the molecule is CCCCCC[C@H](O)[C@H](CCC(=O)OCC)C(=O)SCC. The molecule has 0 aromatic heterocycles. The van der Waals surface area contributed by atoms with E-state index >= 15 is 0 Å². The second-order valence-corrected chi connectivity index (χ2v) is 6.39. The maximum Gasteiger partial charge on any atom is 0.305 e. The molecule has 0 rings (SSSR count). The summed E-state index contributed by atoms with van der Waals surface area (Å²) in [5.41, 5.74) is 0. The lowest BCUT2D eigenvalue weighted by Crippen LogP contribution is -2.28. The first-order valence-electron chi connectivity index (χ1n) is 8.07. The van der Waals surface area contributed by atoms with E-state index in [-0.39, 0.29) is 17.5 Å². The van der Waals surface area contributed by atoms with Crippen LogP contribution in [-0.2, 0) is 14.3 Å². The molecule has 0 amide bonds. The van der Waals surface area contributed by atoms with Gasteiger partial charge in [-0.15, -0.1) is 0 Å². The average molecular weight is 318 g/mol. The number of ether oxygens (including phenoxy) is 1. The summed E-state index contributed by atoms with van der Waals surface area (Å²) in [5, 5.41) is 10.3. The summed E-state index contributed by atoms with van der Waals surface area (Å²) in [6.07, 6.45) is 4.85. The lowest BCUT2D eigenvalue weighted by Gasteiger charge is -2.21. The molecule has 0 radical (unpaired) electrons. The van der Waals surface area contributed by atoms with Crippen molar-refractivity contribution in [3.63, 3.8) is 0 Å². The molecule has 2 atom stereocenters. The van der Waals surface area contributed by atoms with Crippen LogP contribution < -0.4 is 0 Å². The van der Waals surface area contributed by atoms with Gasteiger partial charge in [0.1, 0.15) is 0 Å².